The topological polar surface area (TPSA) is 32.9 Å². The van der Waals surface area contributed by atoms with Crippen molar-refractivity contribution in [2.45, 2.75) is 19.8 Å². The van der Waals surface area contributed by atoms with Crippen LogP contribution >= 0.6 is 0 Å². The normalized spacial score (nSPS) is 10.7. The molecule has 0 atom stereocenters. The molecule has 0 saturated carbocycles. The van der Waals surface area contributed by atoms with Gasteiger partial charge >= 0.3 is 0 Å². The molecule has 0 bridgehead atoms. The number of pyridine rings is 1. The summed E-state index contributed by atoms with van der Waals surface area (Å²) >= 11 is 0. The third-order valence-corrected chi connectivity index (χ3v) is 2.69. The van der Waals surface area contributed by atoms with Gasteiger partial charge in [0.05, 0.1) is 0 Å². The molecular formula is C14H15NO. The van der Waals surface area contributed by atoms with Gasteiger partial charge < -0.3 is 4.98 Å². The van der Waals surface area contributed by atoms with Gasteiger partial charge in [0.1, 0.15) is 0 Å². The number of rotatable bonds is 2. The van der Waals surface area contributed by atoms with Gasteiger partial charge in [-0.2, -0.15) is 0 Å². The van der Waals surface area contributed by atoms with Crippen LogP contribution in [-0.4, -0.2) is 4.98 Å². The zero-order valence-corrected chi connectivity index (χ0v) is 9.53. The van der Waals surface area contributed by atoms with Crippen molar-refractivity contribution in [2.24, 2.45) is 0 Å². The lowest BCUT2D eigenvalue weighted by molar-refractivity contribution is 0.867. The number of benzene rings is 1. The molecule has 1 aromatic heterocycles. The summed E-state index contributed by atoms with van der Waals surface area (Å²) in [5.74, 6) is 0.535. The van der Waals surface area contributed by atoms with Gasteiger partial charge in [-0.1, -0.05) is 38.1 Å². The smallest absolute Gasteiger partial charge is 0.248 e. The molecule has 2 heteroatoms. The highest BCUT2D eigenvalue weighted by Gasteiger charge is 2.01. The van der Waals surface area contributed by atoms with Crippen molar-refractivity contribution >= 4 is 0 Å². The van der Waals surface area contributed by atoms with E-state index in [9.17, 15) is 4.79 Å². The van der Waals surface area contributed by atoms with Crippen LogP contribution in [0.2, 0.25) is 0 Å². The molecule has 1 N–H and O–H groups in total. The lowest BCUT2D eigenvalue weighted by Gasteiger charge is -2.06. The van der Waals surface area contributed by atoms with Crippen molar-refractivity contribution in [3.05, 3.63) is 58.5 Å². The van der Waals surface area contributed by atoms with Crippen molar-refractivity contribution in [1.82, 2.24) is 4.98 Å². The van der Waals surface area contributed by atoms with E-state index in [1.807, 2.05) is 6.07 Å². The van der Waals surface area contributed by atoms with Crippen molar-refractivity contribution in [2.75, 3.05) is 0 Å². The Morgan fingerprint density at radius 2 is 1.69 bits per heavy atom. The van der Waals surface area contributed by atoms with E-state index in [0.29, 0.717) is 5.92 Å². The first-order valence-electron chi connectivity index (χ1n) is 5.46. The maximum atomic E-state index is 11.2. The summed E-state index contributed by atoms with van der Waals surface area (Å²) in [5.41, 5.74) is 3.29. The Balaban J connectivity index is 2.38. The maximum absolute atomic E-state index is 11.2. The molecule has 0 radical (unpaired) electrons. The highest BCUT2D eigenvalue weighted by molar-refractivity contribution is 5.62. The Morgan fingerprint density at radius 1 is 1.00 bits per heavy atom. The summed E-state index contributed by atoms with van der Waals surface area (Å²) in [6.07, 6.45) is 1.67. The molecular weight excluding hydrogens is 198 g/mol. The molecule has 16 heavy (non-hydrogen) atoms. The average molecular weight is 213 g/mol. The number of H-pyrrole nitrogens is 1. The van der Waals surface area contributed by atoms with Gasteiger partial charge in [-0.05, 0) is 28.7 Å². The minimum absolute atomic E-state index is 0.0644. The molecule has 2 nitrogen and oxygen atoms in total. The largest absolute Gasteiger partial charge is 0.329 e. The maximum Gasteiger partial charge on any atom is 0.248 e. The molecule has 0 fully saturated rings. The van der Waals surface area contributed by atoms with Gasteiger partial charge in [0.15, 0.2) is 0 Å². The summed E-state index contributed by atoms with van der Waals surface area (Å²) < 4.78 is 0. The fourth-order valence-corrected chi connectivity index (χ4v) is 1.68. The Morgan fingerprint density at radius 3 is 2.25 bits per heavy atom. The zero-order valence-electron chi connectivity index (χ0n) is 9.53. The molecule has 1 aromatic carbocycles. The predicted molar refractivity (Wildman–Crippen MR) is 66.6 cm³/mol. The summed E-state index contributed by atoms with van der Waals surface area (Å²) in [4.78, 5) is 13.8. The molecule has 0 aliphatic heterocycles. The Bertz CT molecular complexity index is 523. The van der Waals surface area contributed by atoms with E-state index >= 15 is 0 Å². The number of aromatic amines is 1. The number of nitrogens with one attached hydrogen (secondary N) is 1. The molecule has 2 aromatic rings. The third-order valence-electron chi connectivity index (χ3n) is 2.69. The highest BCUT2D eigenvalue weighted by Crippen LogP contribution is 2.21. The minimum atomic E-state index is -0.0644. The van der Waals surface area contributed by atoms with Crippen LogP contribution in [0, 0.1) is 0 Å². The monoisotopic (exact) mass is 213 g/mol. The second-order valence-corrected chi connectivity index (χ2v) is 4.22. The number of aromatic nitrogens is 1. The van der Waals surface area contributed by atoms with Crippen molar-refractivity contribution in [3.8, 4) is 11.1 Å². The van der Waals surface area contributed by atoms with Gasteiger partial charge in [-0.25, -0.2) is 0 Å². The van der Waals surface area contributed by atoms with Crippen molar-refractivity contribution in [1.29, 1.82) is 0 Å². The first-order valence-corrected chi connectivity index (χ1v) is 5.46. The molecule has 1 heterocycles. The molecule has 0 aliphatic carbocycles. The van der Waals surface area contributed by atoms with Crippen LogP contribution < -0.4 is 5.56 Å². The first kappa shape index (κ1) is 10.7. The third kappa shape index (κ3) is 2.22. The lowest BCUT2D eigenvalue weighted by Crippen LogP contribution is -2.01. The van der Waals surface area contributed by atoms with Gasteiger partial charge in [-0.3, -0.25) is 4.79 Å². The van der Waals surface area contributed by atoms with Crippen LogP contribution in [0.5, 0.6) is 0 Å². The fraction of sp³-hybridized carbons (Fsp3) is 0.214. The predicted octanol–water partition coefficient (Wildman–Crippen LogP) is 3.17. The Labute approximate surface area is 95.0 Å². The van der Waals surface area contributed by atoms with Crippen LogP contribution in [0.1, 0.15) is 25.3 Å². The van der Waals surface area contributed by atoms with Gasteiger partial charge in [0.2, 0.25) is 5.56 Å². The fourth-order valence-electron chi connectivity index (χ4n) is 1.68. The summed E-state index contributed by atoms with van der Waals surface area (Å²) in [5, 5.41) is 0. The van der Waals surface area contributed by atoms with E-state index in [2.05, 4.69) is 43.1 Å². The van der Waals surface area contributed by atoms with Crippen LogP contribution in [0.25, 0.3) is 11.1 Å². The Hall–Kier alpha value is -1.83. The Kier molecular flexibility index (Phi) is 2.91. The zero-order chi connectivity index (χ0) is 11.5. The second kappa shape index (κ2) is 4.35. The van der Waals surface area contributed by atoms with Crippen LogP contribution in [0.4, 0.5) is 0 Å². The minimum Gasteiger partial charge on any atom is -0.329 e. The van der Waals surface area contributed by atoms with Crippen LogP contribution in [-0.2, 0) is 0 Å². The van der Waals surface area contributed by atoms with E-state index in [4.69, 9.17) is 0 Å². The van der Waals surface area contributed by atoms with Gasteiger partial charge in [-0.15, -0.1) is 0 Å². The quantitative estimate of drug-likeness (QED) is 0.816. The second-order valence-electron chi connectivity index (χ2n) is 4.22. The van der Waals surface area contributed by atoms with E-state index in [1.165, 1.54) is 5.56 Å². The number of hydrogen-bond donors (Lipinski definition) is 1. The average Bonchev–Trinajstić information content (AvgIpc) is 2.29. The highest BCUT2D eigenvalue weighted by atomic mass is 16.1. The molecule has 2 rings (SSSR count). The molecule has 0 saturated heterocycles. The van der Waals surface area contributed by atoms with Gasteiger partial charge in [0, 0.05) is 12.3 Å². The molecule has 0 amide bonds. The molecule has 82 valence electrons. The van der Waals surface area contributed by atoms with E-state index < -0.39 is 0 Å². The summed E-state index contributed by atoms with van der Waals surface area (Å²) in [6.45, 7) is 4.34. The van der Waals surface area contributed by atoms with E-state index in [0.717, 1.165) is 11.1 Å². The van der Waals surface area contributed by atoms with E-state index in [1.54, 1.807) is 12.3 Å². The number of hydrogen-bond acceptors (Lipinski definition) is 1. The van der Waals surface area contributed by atoms with E-state index in [-0.39, 0.29) is 5.56 Å². The summed E-state index contributed by atoms with van der Waals surface area (Å²) in [6, 6.07) is 11.9. The summed E-state index contributed by atoms with van der Waals surface area (Å²) in [7, 11) is 0. The van der Waals surface area contributed by atoms with Crippen molar-refractivity contribution in [3.63, 3.8) is 0 Å². The molecule has 0 unspecified atom stereocenters. The van der Waals surface area contributed by atoms with Crippen molar-refractivity contribution < 1.29 is 0 Å². The first-order chi connectivity index (χ1) is 7.66. The molecule has 0 aliphatic rings. The van der Waals surface area contributed by atoms with Crippen LogP contribution in [0.15, 0.2) is 47.4 Å². The van der Waals surface area contributed by atoms with Gasteiger partial charge in [0.25, 0.3) is 0 Å². The van der Waals surface area contributed by atoms with Crippen LogP contribution in [0.3, 0.4) is 0 Å². The lowest BCUT2D eigenvalue weighted by atomic mass is 9.99. The standard InChI is InChI=1S/C14H15NO/c1-10(2)11-3-5-12(6-4-11)13-7-8-15-14(16)9-13/h3-10H,1-2H3,(H,15,16). The molecule has 0 spiro atoms. The SMILES string of the molecule is CC(C)c1ccc(-c2cc[nH]c(=O)c2)cc1.